The van der Waals surface area contributed by atoms with Gasteiger partial charge >= 0.3 is 5.69 Å². The molecule has 16 heavy (non-hydrogen) atoms. The Morgan fingerprint density at radius 2 is 1.94 bits per heavy atom. The lowest BCUT2D eigenvalue weighted by Crippen LogP contribution is -2.35. The second-order valence-corrected chi connectivity index (χ2v) is 5.13. The topological polar surface area (TPSA) is 71.8 Å². The van der Waals surface area contributed by atoms with E-state index in [2.05, 4.69) is 9.97 Å². The van der Waals surface area contributed by atoms with Crippen molar-refractivity contribution < 1.29 is 0 Å². The zero-order valence-corrected chi connectivity index (χ0v) is 9.97. The molecule has 1 aromatic heterocycles. The monoisotopic (exact) mass is 221 g/mol. The zero-order chi connectivity index (χ0) is 11.8. The van der Waals surface area contributed by atoms with Crippen molar-refractivity contribution in [2.75, 3.05) is 0 Å². The van der Waals surface area contributed by atoms with Crippen LogP contribution in [0.3, 0.4) is 0 Å². The van der Waals surface area contributed by atoms with Crippen LogP contribution >= 0.6 is 0 Å². The SMILES string of the molecule is CC(C)(N)c1nc(=O)[nH]c2c1CCCCC2. The van der Waals surface area contributed by atoms with Crippen LogP contribution in [-0.2, 0) is 18.4 Å². The molecule has 0 aromatic carbocycles. The van der Waals surface area contributed by atoms with Gasteiger partial charge in [0.25, 0.3) is 0 Å². The van der Waals surface area contributed by atoms with Gasteiger partial charge in [0, 0.05) is 5.69 Å². The van der Waals surface area contributed by atoms with E-state index >= 15 is 0 Å². The van der Waals surface area contributed by atoms with Crippen molar-refractivity contribution in [2.45, 2.75) is 51.5 Å². The van der Waals surface area contributed by atoms with Crippen molar-refractivity contribution in [3.8, 4) is 0 Å². The Balaban J connectivity index is 2.60. The summed E-state index contributed by atoms with van der Waals surface area (Å²) in [7, 11) is 0. The molecule has 88 valence electrons. The Bertz CT molecular complexity index is 443. The molecule has 0 amide bonds. The average molecular weight is 221 g/mol. The second-order valence-electron chi connectivity index (χ2n) is 5.13. The third kappa shape index (κ3) is 2.16. The maximum absolute atomic E-state index is 11.5. The number of nitrogens with zero attached hydrogens (tertiary/aromatic N) is 1. The standard InChI is InChI=1S/C12H19N3O/c1-12(2,13)10-8-6-4-3-5-7-9(8)14-11(16)15-10/h3-7,13H2,1-2H3,(H,14,15,16). The molecular weight excluding hydrogens is 202 g/mol. The van der Waals surface area contributed by atoms with Crippen LogP contribution in [0.5, 0.6) is 0 Å². The number of fused-ring (bicyclic) bond motifs is 1. The van der Waals surface area contributed by atoms with Crippen molar-refractivity contribution >= 4 is 0 Å². The van der Waals surface area contributed by atoms with Gasteiger partial charge in [0.15, 0.2) is 0 Å². The molecule has 1 aliphatic carbocycles. The van der Waals surface area contributed by atoms with Gasteiger partial charge in [-0.25, -0.2) is 4.79 Å². The summed E-state index contributed by atoms with van der Waals surface area (Å²) in [5.74, 6) is 0. The van der Waals surface area contributed by atoms with Crippen molar-refractivity contribution in [3.63, 3.8) is 0 Å². The highest BCUT2D eigenvalue weighted by Gasteiger charge is 2.24. The van der Waals surface area contributed by atoms with Gasteiger partial charge in [-0.3, -0.25) is 0 Å². The van der Waals surface area contributed by atoms with E-state index < -0.39 is 5.54 Å². The molecule has 4 heteroatoms. The Hall–Kier alpha value is -1.16. The molecule has 3 N–H and O–H groups in total. The number of hydrogen-bond acceptors (Lipinski definition) is 3. The van der Waals surface area contributed by atoms with Crippen molar-refractivity contribution in [1.82, 2.24) is 9.97 Å². The molecular formula is C12H19N3O. The summed E-state index contributed by atoms with van der Waals surface area (Å²) in [6, 6.07) is 0. The van der Waals surface area contributed by atoms with E-state index in [1.165, 1.54) is 12.0 Å². The average Bonchev–Trinajstić information content (AvgIpc) is 2.39. The minimum absolute atomic E-state index is 0.269. The summed E-state index contributed by atoms with van der Waals surface area (Å²) in [4.78, 5) is 18.4. The maximum Gasteiger partial charge on any atom is 0.345 e. The van der Waals surface area contributed by atoms with Gasteiger partial charge in [-0.2, -0.15) is 4.98 Å². The van der Waals surface area contributed by atoms with Crippen LogP contribution in [0.2, 0.25) is 0 Å². The van der Waals surface area contributed by atoms with E-state index in [1.54, 1.807) is 0 Å². The summed E-state index contributed by atoms with van der Waals surface area (Å²) in [5.41, 5.74) is 8.27. The molecule has 2 rings (SSSR count). The first-order valence-corrected chi connectivity index (χ1v) is 5.90. The molecule has 1 aliphatic rings. The molecule has 4 nitrogen and oxygen atoms in total. The van der Waals surface area contributed by atoms with Crippen LogP contribution < -0.4 is 11.4 Å². The number of aromatic nitrogens is 2. The van der Waals surface area contributed by atoms with E-state index in [4.69, 9.17) is 5.73 Å². The summed E-state index contributed by atoms with van der Waals surface area (Å²) in [5, 5.41) is 0. The highest BCUT2D eigenvalue weighted by Crippen LogP contribution is 2.25. The fourth-order valence-electron chi connectivity index (χ4n) is 2.34. The van der Waals surface area contributed by atoms with Crippen molar-refractivity contribution in [3.05, 3.63) is 27.4 Å². The van der Waals surface area contributed by atoms with Crippen molar-refractivity contribution in [1.29, 1.82) is 0 Å². The fourth-order valence-corrected chi connectivity index (χ4v) is 2.34. The van der Waals surface area contributed by atoms with Crippen LogP contribution in [-0.4, -0.2) is 9.97 Å². The number of H-pyrrole nitrogens is 1. The lowest BCUT2D eigenvalue weighted by Gasteiger charge is -2.22. The van der Waals surface area contributed by atoms with E-state index in [0.29, 0.717) is 0 Å². The highest BCUT2D eigenvalue weighted by atomic mass is 16.1. The van der Waals surface area contributed by atoms with Gasteiger partial charge in [-0.15, -0.1) is 0 Å². The number of aromatic amines is 1. The Morgan fingerprint density at radius 1 is 1.25 bits per heavy atom. The van der Waals surface area contributed by atoms with Gasteiger partial charge in [0.1, 0.15) is 0 Å². The summed E-state index contributed by atoms with van der Waals surface area (Å²) < 4.78 is 0. The molecule has 1 aromatic rings. The predicted octanol–water partition coefficient (Wildman–Crippen LogP) is 1.23. The molecule has 0 spiro atoms. The van der Waals surface area contributed by atoms with E-state index in [0.717, 1.165) is 37.1 Å². The minimum Gasteiger partial charge on any atom is -0.321 e. The van der Waals surface area contributed by atoms with Crippen LogP contribution in [0, 0.1) is 0 Å². The molecule has 0 atom stereocenters. The summed E-state index contributed by atoms with van der Waals surface area (Å²) in [6.07, 6.45) is 5.42. The summed E-state index contributed by atoms with van der Waals surface area (Å²) in [6.45, 7) is 3.81. The molecule has 0 unspecified atom stereocenters. The number of nitrogens with one attached hydrogen (secondary N) is 1. The molecule has 0 saturated carbocycles. The van der Waals surface area contributed by atoms with Gasteiger partial charge in [-0.05, 0) is 45.1 Å². The Kier molecular flexibility index (Phi) is 2.84. The smallest absolute Gasteiger partial charge is 0.321 e. The molecule has 0 aliphatic heterocycles. The number of hydrogen-bond donors (Lipinski definition) is 2. The molecule has 0 radical (unpaired) electrons. The number of nitrogens with two attached hydrogens (primary N) is 1. The fraction of sp³-hybridized carbons (Fsp3) is 0.667. The lowest BCUT2D eigenvalue weighted by atomic mass is 9.93. The second kappa shape index (κ2) is 4.01. The number of rotatable bonds is 1. The van der Waals surface area contributed by atoms with Gasteiger partial charge in [0.2, 0.25) is 0 Å². The van der Waals surface area contributed by atoms with Crippen LogP contribution in [0.25, 0.3) is 0 Å². The Morgan fingerprint density at radius 3 is 2.62 bits per heavy atom. The molecule has 0 fully saturated rings. The first-order chi connectivity index (χ1) is 7.48. The van der Waals surface area contributed by atoms with Crippen LogP contribution in [0.1, 0.15) is 50.1 Å². The third-order valence-corrected chi connectivity index (χ3v) is 3.09. The predicted molar refractivity (Wildman–Crippen MR) is 63.3 cm³/mol. The van der Waals surface area contributed by atoms with Gasteiger partial charge in [-0.1, -0.05) is 6.42 Å². The first-order valence-electron chi connectivity index (χ1n) is 5.90. The van der Waals surface area contributed by atoms with Crippen molar-refractivity contribution in [2.24, 2.45) is 5.73 Å². The zero-order valence-electron chi connectivity index (χ0n) is 9.97. The first kappa shape index (κ1) is 11.3. The maximum atomic E-state index is 11.5. The normalized spacial score (nSPS) is 16.7. The molecule has 1 heterocycles. The van der Waals surface area contributed by atoms with Gasteiger partial charge < -0.3 is 10.7 Å². The largest absolute Gasteiger partial charge is 0.345 e. The van der Waals surface area contributed by atoms with Gasteiger partial charge in [0.05, 0.1) is 11.2 Å². The highest BCUT2D eigenvalue weighted by molar-refractivity contribution is 5.30. The lowest BCUT2D eigenvalue weighted by molar-refractivity contribution is 0.520. The van der Waals surface area contributed by atoms with E-state index in [9.17, 15) is 4.79 Å². The summed E-state index contributed by atoms with van der Waals surface area (Å²) >= 11 is 0. The molecule has 0 saturated heterocycles. The third-order valence-electron chi connectivity index (χ3n) is 3.09. The minimum atomic E-state index is -0.539. The van der Waals surface area contributed by atoms with Crippen LogP contribution in [0.15, 0.2) is 4.79 Å². The quantitative estimate of drug-likeness (QED) is 0.701. The number of aryl methyl sites for hydroxylation is 1. The van der Waals surface area contributed by atoms with E-state index in [-0.39, 0.29) is 5.69 Å². The van der Waals surface area contributed by atoms with E-state index in [1.807, 2.05) is 13.8 Å². The Labute approximate surface area is 95.3 Å². The molecule has 0 bridgehead atoms. The van der Waals surface area contributed by atoms with Crippen LogP contribution in [0.4, 0.5) is 0 Å².